The minimum Gasteiger partial charge on any atom is -0.494 e. The van der Waals surface area contributed by atoms with Crippen LogP contribution in [0.25, 0.3) is 0 Å². The van der Waals surface area contributed by atoms with E-state index in [9.17, 15) is 4.39 Å². The van der Waals surface area contributed by atoms with Gasteiger partial charge in [0.2, 0.25) is 0 Å². The van der Waals surface area contributed by atoms with E-state index in [1.165, 1.54) is 12.1 Å². The fourth-order valence-corrected chi connectivity index (χ4v) is 1.59. The SMILES string of the molecule is CCOc1ccc(OCc2cccc(F)c2)cc1. The van der Waals surface area contributed by atoms with Gasteiger partial charge in [0, 0.05) is 0 Å². The number of hydrogen-bond acceptors (Lipinski definition) is 2. The maximum atomic E-state index is 13.0. The van der Waals surface area contributed by atoms with E-state index in [-0.39, 0.29) is 5.82 Å². The van der Waals surface area contributed by atoms with Crippen LogP contribution in [-0.4, -0.2) is 6.61 Å². The summed E-state index contributed by atoms with van der Waals surface area (Å²) >= 11 is 0. The van der Waals surface area contributed by atoms with Crippen LogP contribution in [0.5, 0.6) is 11.5 Å². The molecule has 94 valence electrons. The molecule has 3 heteroatoms. The highest BCUT2D eigenvalue weighted by molar-refractivity contribution is 5.31. The molecule has 0 radical (unpaired) electrons. The van der Waals surface area contributed by atoms with Crippen LogP contribution in [0.15, 0.2) is 48.5 Å². The molecule has 0 bridgehead atoms. The van der Waals surface area contributed by atoms with Crippen LogP contribution in [0, 0.1) is 5.82 Å². The smallest absolute Gasteiger partial charge is 0.123 e. The molecule has 2 rings (SSSR count). The van der Waals surface area contributed by atoms with E-state index < -0.39 is 0 Å². The molecule has 0 N–H and O–H groups in total. The molecular formula is C15H15FO2. The minimum atomic E-state index is -0.247. The molecule has 0 aliphatic heterocycles. The lowest BCUT2D eigenvalue weighted by Crippen LogP contribution is -1.96. The van der Waals surface area contributed by atoms with Crippen molar-refractivity contribution in [3.05, 3.63) is 59.9 Å². The normalized spacial score (nSPS) is 10.1. The van der Waals surface area contributed by atoms with Crippen molar-refractivity contribution in [1.82, 2.24) is 0 Å². The van der Waals surface area contributed by atoms with Crippen molar-refractivity contribution in [2.45, 2.75) is 13.5 Å². The predicted octanol–water partition coefficient (Wildman–Crippen LogP) is 3.80. The lowest BCUT2D eigenvalue weighted by Gasteiger charge is -2.07. The predicted molar refractivity (Wildman–Crippen MR) is 68.3 cm³/mol. The molecule has 2 aromatic carbocycles. The highest BCUT2D eigenvalue weighted by Crippen LogP contribution is 2.18. The van der Waals surface area contributed by atoms with Crippen molar-refractivity contribution in [3.8, 4) is 11.5 Å². The lowest BCUT2D eigenvalue weighted by atomic mass is 10.2. The van der Waals surface area contributed by atoms with E-state index in [1.54, 1.807) is 6.07 Å². The molecule has 0 heterocycles. The fraction of sp³-hybridized carbons (Fsp3) is 0.200. The quantitative estimate of drug-likeness (QED) is 0.798. The standard InChI is InChI=1S/C15H15FO2/c1-2-17-14-6-8-15(9-7-14)18-11-12-4-3-5-13(16)10-12/h3-10H,2,11H2,1H3. The summed E-state index contributed by atoms with van der Waals surface area (Å²) < 4.78 is 23.9. The second kappa shape index (κ2) is 6.05. The van der Waals surface area contributed by atoms with E-state index in [0.29, 0.717) is 13.2 Å². The minimum absolute atomic E-state index is 0.247. The van der Waals surface area contributed by atoms with Crippen LogP contribution in [0.3, 0.4) is 0 Å². The number of ether oxygens (including phenoxy) is 2. The first-order valence-corrected chi connectivity index (χ1v) is 5.88. The van der Waals surface area contributed by atoms with Crippen LogP contribution < -0.4 is 9.47 Å². The summed E-state index contributed by atoms with van der Waals surface area (Å²) in [5, 5.41) is 0. The zero-order valence-corrected chi connectivity index (χ0v) is 10.2. The highest BCUT2D eigenvalue weighted by Gasteiger charge is 1.98. The molecule has 0 fully saturated rings. The molecule has 18 heavy (non-hydrogen) atoms. The Labute approximate surface area is 106 Å². The van der Waals surface area contributed by atoms with Gasteiger partial charge in [-0.1, -0.05) is 12.1 Å². The van der Waals surface area contributed by atoms with Crippen molar-refractivity contribution >= 4 is 0 Å². The van der Waals surface area contributed by atoms with Crippen LogP contribution >= 0.6 is 0 Å². The van der Waals surface area contributed by atoms with Crippen LogP contribution in [0.2, 0.25) is 0 Å². The van der Waals surface area contributed by atoms with Gasteiger partial charge in [0.1, 0.15) is 23.9 Å². The summed E-state index contributed by atoms with van der Waals surface area (Å²) in [6.07, 6.45) is 0. The van der Waals surface area contributed by atoms with Gasteiger partial charge in [0.05, 0.1) is 6.61 Å². The van der Waals surface area contributed by atoms with Gasteiger partial charge >= 0.3 is 0 Å². The first-order chi connectivity index (χ1) is 8.78. The van der Waals surface area contributed by atoms with Crippen LogP contribution in [0.4, 0.5) is 4.39 Å². The lowest BCUT2D eigenvalue weighted by molar-refractivity contribution is 0.303. The Balaban J connectivity index is 1.93. The Morgan fingerprint density at radius 2 is 1.61 bits per heavy atom. The molecule has 2 aromatic rings. The van der Waals surface area contributed by atoms with Crippen molar-refractivity contribution < 1.29 is 13.9 Å². The number of benzene rings is 2. The summed E-state index contributed by atoms with van der Waals surface area (Å²) in [6.45, 7) is 2.93. The van der Waals surface area contributed by atoms with E-state index in [4.69, 9.17) is 9.47 Å². The van der Waals surface area contributed by atoms with Gasteiger partial charge in [-0.3, -0.25) is 0 Å². The maximum Gasteiger partial charge on any atom is 0.123 e. The second-order valence-corrected chi connectivity index (χ2v) is 3.82. The average molecular weight is 246 g/mol. The zero-order valence-electron chi connectivity index (χ0n) is 10.2. The fourth-order valence-electron chi connectivity index (χ4n) is 1.59. The summed E-state index contributed by atoms with van der Waals surface area (Å²) in [4.78, 5) is 0. The maximum absolute atomic E-state index is 13.0. The van der Waals surface area contributed by atoms with E-state index >= 15 is 0 Å². The topological polar surface area (TPSA) is 18.5 Å². The Bertz CT molecular complexity index is 494. The van der Waals surface area contributed by atoms with E-state index in [2.05, 4.69) is 0 Å². The number of hydrogen-bond donors (Lipinski definition) is 0. The van der Waals surface area contributed by atoms with Crippen molar-refractivity contribution in [2.24, 2.45) is 0 Å². The molecular weight excluding hydrogens is 231 g/mol. The largest absolute Gasteiger partial charge is 0.494 e. The molecule has 0 aliphatic rings. The van der Waals surface area contributed by atoms with E-state index in [1.807, 2.05) is 37.3 Å². The third-order valence-electron chi connectivity index (χ3n) is 2.43. The van der Waals surface area contributed by atoms with E-state index in [0.717, 1.165) is 17.1 Å². The van der Waals surface area contributed by atoms with Gasteiger partial charge in [-0.15, -0.1) is 0 Å². The number of rotatable bonds is 5. The van der Waals surface area contributed by atoms with Gasteiger partial charge in [-0.05, 0) is 48.9 Å². The Morgan fingerprint density at radius 3 is 2.22 bits per heavy atom. The zero-order chi connectivity index (χ0) is 12.8. The second-order valence-electron chi connectivity index (χ2n) is 3.82. The Morgan fingerprint density at radius 1 is 0.944 bits per heavy atom. The summed E-state index contributed by atoms with van der Waals surface area (Å²) in [5.41, 5.74) is 0.809. The third kappa shape index (κ3) is 3.48. The Kier molecular flexibility index (Phi) is 4.18. The first-order valence-electron chi connectivity index (χ1n) is 5.88. The molecule has 0 spiro atoms. The molecule has 2 nitrogen and oxygen atoms in total. The van der Waals surface area contributed by atoms with Crippen molar-refractivity contribution in [3.63, 3.8) is 0 Å². The van der Waals surface area contributed by atoms with Gasteiger partial charge < -0.3 is 9.47 Å². The first kappa shape index (κ1) is 12.4. The molecule has 0 aliphatic carbocycles. The Hall–Kier alpha value is -2.03. The summed E-state index contributed by atoms with van der Waals surface area (Å²) in [5.74, 6) is 1.31. The highest BCUT2D eigenvalue weighted by atomic mass is 19.1. The van der Waals surface area contributed by atoms with Gasteiger partial charge in [-0.25, -0.2) is 4.39 Å². The monoisotopic (exact) mass is 246 g/mol. The van der Waals surface area contributed by atoms with Crippen LogP contribution in [-0.2, 0) is 6.61 Å². The number of halogens is 1. The molecule has 0 atom stereocenters. The van der Waals surface area contributed by atoms with Gasteiger partial charge in [0.15, 0.2) is 0 Å². The summed E-state index contributed by atoms with van der Waals surface area (Å²) in [6, 6.07) is 13.8. The van der Waals surface area contributed by atoms with Crippen molar-refractivity contribution in [1.29, 1.82) is 0 Å². The molecule has 0 saturated heterocycles. The third-order valence-corrected chi connectivity index (χ3v) is 2.43. The molecule has 0 saturated carbocycles. The van der Waals surface area contributed by atoms with Gasteiger partial charge in [-0.2, -0.15) is 0 Å². The molecule has 0 aromatic heterocycles. The van der Waals surface area contributed by atoms with Crippen LogP contribution in [0.1, 0.15) is 12.5 Å². The van der Waals surface area contributed by atoms with Gasteiger partial charge in [0.25, 0.3) is 0 Å². The van der Waals surface area contributed by atoms with Crippen molar-refractivity contribution in [2.75, 3.05) is 6.61 Å². The molecule has 0 amide bonds. The molecule has 0 unspecified atom stereocenters. The summed E-state index contributed by atoms with van der Waals surface area (Å²) in [7, 11) is 0. The average Bonchev–Trinajstić information content (AvgIpc) is 2.38.